The molecule has 4 rings (SSSR count). The van der Waals surface area contributed by atoms with Crippen molar-refractivity contribution in [2.75, 3.05) is 0 Å². The van der Waals surface area contributed by atoms with Gasteiger partial charge < -0.3 is 0 Å². The van der Waals surface area contributed by atoms with Crippen molar-refractivity contribution in [2.45, 2.75) is 20.4 Å². The second-order valence-electron chi connectivity index (χ2n) is 6.79. The maximum Gasteiger partial charge on any atom is 0.336 e. The van der Waals surface area contributed by atoms with Gasteiger partial charge in [-0.05, 0) is 54.8 Å². The lowest BCUT2D eigenvalue weighted by Gasteiger charge is -2.15. The SMILES string of the molecule is Cc1cccc(-n2c(=O)c3ccccc3n(Cc3ccccc3C)c2=O)c1. The van der Waals surface area contributed by atoms with Crippen LogP contribution in [0.5, 0.6) is 0 Å². The van der Waals surface area contributed by atoms with Gasteiger partial charge in [0.05, 0.1) is 23.1 Å². The molecule has 0 N–H and O–H groups in total. The zero-order chi connectivity index (χ0) is 19.0. The van der Waals surface area contributed by atoms with E-state index < -0.39 is 0 Å². The Morgan fingerprint density at radius 3 is 2.33 bits per heavy atom. The number of aryl methyl sites for hydroxylation is 2. The second kappa shape index (κ2) is 6.72. The lowest BCUT2D eigenvalue weighted by Crippen LogP contribution is -2.39. The van der Waals surface area contributed by atoms with Crippen molar-refractivity contribution in [2.24, 2.45) is 0 Å². The molecule has 0 unspecified atom stereocenters. The topological polar surface area (TPSA) is 44.0 Å². The Kier molecular flexibility index (Phi) is 4.24. The molecule has 0 amide bonds. The number of hydrogen-bond donors (Lipinski definition) is 0. The van der Waals surface area contributed by atoms with E-state index >= 15 is 0 Å². The van der Waals surface area contributed by atoms with Crippen LogP contribution in [0.1, 0.15) is 16.7 Å². The van der Waals surface area contributed by atoms with Gasteiger partial charge in [-0.3, -0.25) is 9.36 Å². The van der Waals surface area contributed by atoms with Crippen LogP contribution in [0.25, 0.3) is 16.6 Å². The summed E-state index contributed by atoms with van der Waals surface area (Å²) in [6.07, 6.45) is 0. The van der Waals surface area contributed by atoms with Crippen LogP contribution < -0.4 is 11.2 Å². The number of benzene rings is 3. The van der Waals surface area contributed by atoms with Gasteiger partial charge in [0, 0.05) is 0 Å². The van der Waals surface area contributed by atoms with Crippen molar-refractivity contribution < 1.29 is 0 Å². The lowest BCUT2D eigenvalue weighted by atomic mass is 10.1. The molecule has 0 aliphatic rings. The Morgan fingerprint density at radius 2 is 1.56 bits per heavy atom. The molecule has 0 aliphatic carbocycles. The first-order valence-electron chi connectivity index (χ1n) is 8.92. The van der Waals surface area contributed by atoms with E-state index in [4.69, 9.17) is 0 Å². The van der Waals surface area contributed by atoms with Gasteiger partial charge in [0.25, 0.3) is 5.56 Å². The van der Waals surface area contributed by atoms with Gasteiger partial charge in [-0.1, -0.05) is 48.5 Å². The van der Waals surface area contributed by atoms with Gasteiger partial charge in [-0.2, -0.15) is 0 Å². The smallest absolute Gasteiger partial charge is 0.288 e. The van der Waals surface area contributed by atoms with Gasteiger partial charge in [0.15, 0.2) is 0 Å². The minimum absolute atomic E-state index is 0.290. The van der Waals surface area contributed by atoms with Crippen LogP contribution in [0.15, 0.2) is 82.4 Å². The monoisotopic (exact) mass is 356 g/mol. The predicted octanol–water partition coefficient (Wildman–Crippen LogP) is 3.82. The van der Waals surface area contributed by atoms with Crippen LogP contribution in [-0.4, -0.2) is 9.13 Å². The number of hydrogen-bond acceptors (Lipinski definition) is 2. The van der Waals surface area contributed by atoms with Crippen LogP contribution >= 0.6 is 0 Å². The Hall–Kier alpha value is -3.40. The Bertz CT molecular complexity index is 1270. The summed E-state index contributed by atoms with van der Waals surface area (Å²) in [5, 5.41) is 0.534. The molecule has 0 atom stereocenters. The van der Waals surface area contributed by atoms with Crippen molar-refractivity contribution in [3.05, 3.63) is 110 Å². The molecular formula is C23H20N2O2. The molecule has 0 radical (unpaired) electrons. The van der Waals surface area contributed by atoms with Crippen LogP contribution in [-0.2, 0) is 6.54 Å². The minimum atomic E-state index is -0.326. The van der Waals surface area contributed by atoms with Crippen LogP contribution in [0.4, 0.5) is 0 Å². The molecule has 4 heteroatoms. The molecule has 0 fully saturated rings. The highest BCUT2D eigenvalue weighted by atomic mass is 16.2. The fourth-order valence-corrected chi connectivity index (χ4v) is 3.43. The molecule has 0 saturated carbocycles. The highest BCUT2D eigenvalue weighted by molar-refractivity contribution is 5.78. The standard InChI is InChI=1S/C23H20N2O2/c1-16-8-7-11-19(14-16)25-22(26)20-12-5-6-13-21(20)24(23(25)27)15-18-10-4-3-9-17(18)2/h3-14H,15H2,1-2H3. The van der Waals surface area contributed by atoms with E-state index in [1.807, 2.05) is 74.5 Å². The average Bonchev–Trinajstić information content (AvgIpc) is 2.67. The largest absolute Gasteiger partial charge is 0.336 e. The fraction of sp³-hybridized carbons (Fsp3) is 0.130. The molecule has 27 heavy (non-hydrogen) atoms. The van der Waals surface area contributed by atoms with E-state index in [9.17, 15) is 9.59 Å². The summed E-state index contributed by atoms with van der Waals surface area (Å²) in [4.78, 5) is 26.4. The summed E-state index contributed by atoms with van der Waals surface area (Å²) in [5.74, 6) is 0. The second-order valence-corrected chi connectivity index (χ2v) is 6.79. The molecular weight excluding hydrogens is 336 g/mol. The molecule has 4 nitrogen and oxygen atoms in total. The molecule has 0 aliphatic heterocycles. The van der Waals surface area contributed by atoms with Crippen molar-refractivity contribution in [1.82, 2.24) is 9.13 Å². The highest BCUT2D eigenvalue weighted by Gasteiger charge is 2.15. The number of nitrogens with zero attached hydrogens (tertiary/aromatic N) is 2. The third-order valence-corrected chi connectivity index (χ3v) is 4.90. The number of fused-ring (bicyclic) bond motifs is 1. The number of aromatic nitrogens is 2. The summed E-state index contributed by atoms with van der Waals surface area (Å²) < 4.78 is 2.95. The van der Waals surface area contributed by atoms with E-state index in [1.54, 1.807) is 16.7 Å². The van der Waals surface area contributed by atoms with Crippen molar-refractivity contribution in [3.8, 4) is 5.69 Å². The number of para-hydroxylation sites is 1. The maximum atomic E-state index is 13.4. The van der Waals surface area contributed by atoms with Gasteiger partial charge >= 0.3 is 5.69 Å². The Labute approximate surface area is 157 Å². The van der Waals surface area contributed by atoms with Gasteiger partial charge in [-0.25, -0.2) is 9.36 Å². The summed E-state index contributed by atoms with van der Waals surface area (Å²) in [7, 11) is 0. The molecule has 1 aromatic heterocycles. The van der Waals surface area contributed by atoms with Crippen LogP contribution in [0, 0.1) is 13.8 Å². The fourth-order valence-electron chi connectivity index (χ4n) is 3.43. The van der Waals surface area contributed by atoms with E-state index in [2.05, 4.69) is 0 Å². The Balaban J connectivity index is 2.05. The van der Waals surface area contributed by atoms with Crippen LogP contribution in [0.3, 0.4) is 0 Å². The van der Waals surface area contributed by atoms with Crippen molar-refractivity contribution in [3.63, 3.8) is 0 Å². The van der Waals surface area contributed by atoms with E-state index in [-0.39, 0.29) is 11.2 Å². The zero-order valence-corrected chi connectivity index (χ0v) is 15.3. The average molecular weight is 356 g/mol. The zero-order valence-electron chi connectivity index (χ0n) is 15.3. The Morgan fingerprint density at radius 1 is 0.815 bits per heavy atom. The summed E-state index contributed by atoms with van der Waals surface area (Å²) in [6, 6.07) is 22.7. The normalized spacial score (nSPS) is 11.0. The van der Waals surface area contributed by atoms with E-state index in [0.717, 1.165) is 16.7 Å². The quantitative estimate of drug-likeness (QED) is 0.560. The van der Waals surface area contributed by atoms with E-state index in [0.29, 0.717) is 23.1 Å². The third kappa shape index (κ3) is 2.99. The predicted molar refractivity (Wildman–Crippen MR) is 109 cm³/mol. The third-order valence-electron chi connectivity index (χ3n) is 4.90. The number of rotatable bonds is 3. The molecule has 0 saturated heterocycles. The molecule has 1 heterocycles. The molecule has 0 spiro atoms. The van der Waals surface area contributed by atoms with Crippen molar-refractivity contribution >= 4 is 10.9 Å². The van der Waals surface area contributed by atoms with Gasteiger partial charge in [0.2, 0.25) is 0 Å². The first-order chi connectivity index (χ1) is 13.1. The highest BCUT2D eigenvalue weighted by Crippen LogP contribution is 2.14. The minimum Gasteiger partial charge on any atom is -0.288 e. The lowest BCUT2D eigenvalue weighted by molar-refractivity contribution is 0.712. The molecule has 3 aromatic carbocycles. The first kappa shape index (κ1) is 17.0. The summed E-state index contributed by atoms with van der Waals surface area (Å²) in [5.41, 5.74) is 3.79. The molecule has 134 valence electrons. The molecule has 4 aromatic rings. The van der Waals surface area contributed by atoms with Crippen molar-refractivity contribution in [1.29, 1.82) is 0 Å². The summed E-state index contributed by atoms with van der Waals surface area (Å²) in [6.45, 7) is 4.39. The van der Waals surface area contributed by atoms with Crippen LogP contribution in [0.2, 0.25) is 0 Å². The van der Waals surface area contributed by atoms with Gasteiger partial charge in [0.1, 0.15) is 0 Å². The van der Waals surface area contributed by atoms with Gasteiger partial charge in [-0.15, -0.1) is 0 Å². The maximum absolute atomic E-state index is 13.4. The molecule has 0 bridgehead atoms. The van der Waals surface area contributed by atoms with E-state index in [1.165, 1.54) is 4.57 Å². The summed E-state index contributed by atoms with van der Waals surface area (Å²) >= 11 is 0. The first-order valence-corrected chi connectivity index (χ1v) is 8.92.